The molecule has 2 aliphatic rings. The van der Waals surface area contributed by atoms with Crippen molar-refractivity contribution in [3.63, 3.8) is 0 Å². The van der Waals surface area contributed by atoms with E-state index in [0.717, 1.165) is 37.7 Å². The van der Waals surface area contributed by atoms with Crippen LogP contribution >= 0.6 is 0 Å². The molecule has 1 heterocycles. The van der Waals surface area contributed by atoms with Gasteiger partial charge in [0.25, 0.3) is 0 Å². The van der Waals surface area contributed by atoms with Gasteiger partial charge in [-0.15, -0.1) is 0 Å². The van der Waals surface area contributed by atoms with Gasteiger partial charge in [-0.3, -0.25) is 4.79 Å². The van der Waals surface area contributed by atoms with Crippen LogP contribution in [0.4, 0.5) is 0 Å². The standard InChI is InChI=1S/C22H33NO5/c1-5-8-19(24)23-12-11-22(25)10-7-6-9-16(22)20(23)15-13-17(26-2)21(28-4)18(14-15)27-3/h13-14,16,20,25H,5-12H2,1-4H3. The first-order valence-electron chi connectivity index (χ1n) is 10.3. The lowest BCUT2D eigenvalue weighted by atomic mass is 9.66. The fourth-order valence-electron chi connectivity index (χ4n) is 5.00. The summed E-state index contributed by atoms with van der Waals surface area (Å²) >= 11 is 0. The minimum atomic E-state index is -0.716. The molecule has 6 nitrogen and oxygen atoms in total. The van der Waals surface area contributed by atoms with Gasteiger partial charge in [-0.25, -0.2) is 0 Å². The Bertz CT molecular complexity index is 681. The minimum absolute atomic E-state index is 0.0126. The summed E-state index contributed by atoms with van der Waals surface area (Å²) in [7, 11) is 4.77. The molecule has 2 fully saturated rings. The van der Waals surface area contributed by atoms with E-state index in [0.29, 0.717) is 36.6 Å². The van der Waals surface area contributed by atoms with E-state index in [1.54, 1.807) is 21.3 Å². The Balaban J connectivity index is 2.10. The maximum atomic E-state index is 12.9. The van der Waals surface area contributed by atoms with Gasteiger partial charge in [-0.2, -0.15) is 0 Å². The van der Waals surface area contributed by atoms with E-state index in [4.69, 9.17) is 14.2 Å². The molecule has 1 amide bonds. The van der Waals surface area contributed by atoms with Crippen LogP contribution in [0.5, 0.6) is 17.2 Å². The molecule has 1 saturated carbocycles. The molecule has 6 heteroatoms. The molecular weight excluding hydrogens is 358 g/mol. The van der Waals surface area contributed by atoms with Crippen LogP contribution in [0.2, 0.25) is 0 Å². The Labute approximate surface area is 167 Å². The lowest BCUT2D eigenvalue weighted by Crippen LogP contribution is -2.56. The van der Waals surface area contributed by atoms with Gasteiger partial charge < -0.3 is 24.2 Å². The number of hydrogen-bond acceptors (Lipinski definition) is 5. The van der Waals surface area contributed by atoms with Crippen LogP contribution in [-0.2, 0) is 4.79 Å². The summed E-state index contributed by atoms with van der Waals surface area (Å²) in [5.41, 5.74) is 0.218. The zero-order valence-electron chi connectivity index (χ0n) is 17.5. The molecule has 1 aliphatic carbocycles. The second-order valence-electron chi connectivity index (χ2n) is 7.95. The van der Waals surface area contributed by atoms with E-state index >= 15 is 0 Å². The lowest BCUT2D eigenvalue weighted by Gasteiger charge is -2.52. The van der Waals surface area contributed by atoms with Crippen LogP contribution in [0.15, 0.2) is 12.1 Å². The van der Waals surface area contributed by atoms with Crippen molar-refractivity contribution in [3.8, 4) is 17.2 Å². The van der Waals surface area contributed by atoms with Crippen molar-refractivity contribution in [2.75, 3.05) is 27.9 Å². The maximum Gasteiger partial charge on any atom is 0.223 e. The predicted molar refractivity (Wildman–Crippen MR) is 107 cm³/mol. The normalized spacial score (nSPS) is 27.1. The van der Waals surface area contributed by atoms with Gasteiger partial charge in [0.2, 0.25) is 11.7 Å². The Morgan fingerprint density at radius 2 is 1.82 bits per heavy atom. The molecule has 0 spiro atoms. The number of ether oxygens (including phenoxy) is 3. The number of amides is 1. The lowest BCUT2D eigenvalue weighted by molar-refractivity contribution is -0.155. The van der Waals surface area contributed by atoms with Crippen LogP contribution in [-0.4, -0.2) is 49.4 Å². The van der Waals surface area contributed by atoms with Gasteiger partial charge >= 0.3 is 0 Å². The van der Waals surface area contributed by atoms with Gasteiger partial charge in [0.05, 0.1) is 33.0 Å². The van der Waals surface area contributed by atoms with Gasteiger partial charge in [0, 0.05) is 18.9 Å². The molecule has 1 aromatic rings. The summed E-state index contributed by atoms with van der Waals surface area (Å²) in [6.07, 6.45) is 5.80. The van der Waals surface area contributed by atoms with E-state index in [1.807, 2.05) is 24.0 Å². The summed E-state index contributed by atoms with van der Waals surface area (Å²) < 4.78 is 16.5. The van der Waals surface area contributed by atoms with Crippen LogP contribution in [0.1, 0.15) is 63.5 Å². The molecule has 1 aliphatic heterocycles. The van der Waals surface area contributed by atoms with E-state index in [9.17, 15) is 9.90 Å². The van der Waals surface area contributed by atoms with Gasteiger partial charge in [0.15, 0.2) is 11.5 Å². The fraction of sp³-hybridized carbons (Fsp3) is 0.682. The second kappa shape index (κ2) is 8.60. The zero-order valence-corrected chi connectivity index (χ0v) is 17.5. The summed E-state index contributed by atoms with van der Waals surface area (Å²) in [6, 6.07) is 3.67. The Hall–Kier alpha value is -1.95. The monoisotopic (exact) mass is 391 g/mol. The number of methoxy groups -OCH3 is 3. The van der Waals surface area contributed by atoms with Crippen LogP contribution in [0.3, 0.4) is 0 Å². The number of piperidine rings is 1. The zero-order chi connectivity index (χ0) is 20.3. The van der Waals surface area contributed by atoms with Crippen LogP contribution in [0, 0.1) is 5.92 Å². The van der Waals surface area contributed by atoms with Crippen LogP contribution in [0.25, 0.3) is 0 Å². The Morgan fingerprint density at radius 3 is 2.39 bits per heavy atom. The first-order valence-corrected chi connectivity index (χ1v) is 10.3. The van der Waals surface area contributed by atoms with Crippen molar-refractivity contribution in [3.05, 3.63) is 17.7 Å². The number of carbonyl (C=O) groups excluding carboxylic acids is 1. The highest BCUT2D eigenvalue weighted by Gasteiger charge is 2.50. The molecule has 0 radical (unpaired) electrons. The van der Waals surface area contributed by atoms with Gasteiger partial charge in [-0.05, 0) is 43.4 Å². The molecule has 3 unspecified atom stereocenters. The highest BCUT2D eigenvalue weighted by Crippen LogP contribution is 2.51. The third-order valence-electron chi connectivity index (χ3n) is 6.38. The van der Waals surface area contributed by atoms with E-state index in [-0.39, 0.29) is 17.9 Å². The first kappa shape index (κ1) is 20.8. The number of fused-ring (bicyclic) bond motifs is 1. The molecule has 1 aromatic carbocycles. The smallest absolute Gasteiger partial charge is 0.223 e. The topological polar surface area (TPSA) is 68.2 Å². The fourth-order valence-corrected chi connectivity index (χ4v) is 5.00. The quantitative estimate of drug-likeness (QED) is 0.801. The largest absolute Gasteiger partial charge is 0.493 e. The number of likely N-dealkylation sites (tertiary alicyclic amines) is 1. The SMILES string of the molecule is CCCC(=O)N1CCC2(O)CCCCC2C1c1cc(OC)c(OC)c(OC)c1. The summed E-state index contributed by atoms with van der Waals surface area (Å²) in [5.74, 6) is 1.84. The number of aliphatic hydroxyl groups is 1. The summed E-state index contributed by atoms with van der Waals surface area (Å²) in [5, 5.41) is 11.4. The summed E-state index contributed by atoms with van der Waals surface area (Å²) in [6.45, 7) is 2.60. The average Bonchev–Trinajstić information content (AvgIpc) is 2.71. The molecule has 28 heavy (non-hydrogen) atoms. The summed E-state index contributed by atoms with van der Waals surface area (Å²) in [4.78, 5) is 14.9. The minimum Gasteiger partial charge on any atom is -0.493 e. The van der Waals surface area contributed by atoms with Crippen LogP contribution < -0.4 is 14.2 Å². The predicted octanol–water partition coefficient (Wildman–Crippen LogP) is 3.71. The number of rotatable bonds is 6. The Kier molecular flexibility index (Phi) is 6.38. The molecule has 3 rings (SSSR count). The number of carbonyl (C=O) groups is 1. The van der Waals surface area contributed by atoms with E-state index in [1.165, 1.54) is 0 Å². The molecule has 1 saturated heterocycles. The van der Waals surface area contributed by atoms with Crippen molar-refractivity contribution >= 4 is 5.91 Å². The molecule has 0 bridgehead atoms. The maximum absolute atomic E-state index is 12.9. The second-order valence-corrected chi connectivity index (χ2v) is 7.95. The van der Waals surface area contributed by atoms with Crippen molar-refractivity contribution in [2.24, 2.45) is 5.92 Å². The first-order chi connectivity index (χ1) is 13.5. The molecule has 156 valence electrons. The van der Waals surface area contributed by atoms with Gasteiger partial charge in [0.1, 0.15) is 0 Å². The third-order valence-corrected chi connectivity index (χ3v) is 6.38. The highest BCUT2D eigenvalue weighted by molar-refractivity contribution is 5.77. The molecule has 3 atom stereocenters. The average molecular weight is 392 g/mol. The number of nitrogens with zero attached hydrogens (tertiary/aromatic N) is 1. The Morgan fingerprint density at radius 1 is 1.14 bits per heavy atom. The molecule has 1 N–H and O–H groups in total. The van der Waals surface area contributed by atoms with Crippen molar-refractivity contribution in [1.29, 1.82) is 0 Å². The third kappa shape index (κ3) is 3.66. The molecular formula is C22H33NO5. The molecule has 0 aromatic heterocycles. The number of benzene rings is 1. The van der Waals surface area contributed by atoms with Crippen molar-refractivity contribution < 1.29 is 24.1 Å². The van der Waals surface area contributed by atoms with Crippen molar-refractivity contribution in [1.82, 2.24) is 4.90 Å². The highest BCUT2D eigenvalue weighted by atomic mass is 16.5. The van der Waals surface area contributed by atoms with E-state index < -0.39 is 5.60 Å². The van der Waals surface area contributed by atoms with Crippen molar-refractivity contribution in [2.45, 2.75) is 63.5 Å². The van der Waals surface area contributed by atoms with E-state index in [2.05, 4.69) is 0 Å². The number of hydrogen-bond donors (Lipinski definition) is 1. The van der Waals surface area contributed by atoms with Gasteiger partial charge in [-0.1, -0.05) is 19.8 Å².